The van der Waals surface area contributed by atoms with Crippen LogP contribution in [0.4, 0.5) is 10.1 Å². The molecule has 0 unspecified atom stereocenters. The Kier molecular flexibility index (Phi) is 5.83. The van der Waals surface area contributed by atoms with E-state index in [9.17, 15) is 9.18 Å². The Hall–Kier alpha value is -1.81. The summed E-state index contributed by atoms with van der Waals surface area (Å²) >= 11 is 1.55. The number of benzene rings is 2. The van der Waals surface area contributed by atoms with Crippen molar-refractivity contribution in [2.45, 2.75) is 37.5 Å². The van der Waals surface area contributed by atoms with E-state index in [4.69, 9.17) is 0 Å². The maximum absolute atomic E-state index is 12.8. The van der Waals surface area contributed by atoms with E-state index in [1.807, 2.05) is 24.3 Å². The van der Waals surface area contributed by atoms with Crippen LogP contribution in [0.25, 0.3) is 0 Å². The summed E-state index contributed by atoms with van der Waals surface area (Å²) in [6, 6.07) is 14.3. The maximum atomic E-state index is 12.8. The van der Waals surface area contributed by atoms with Gasteiger partial charge in [-0.2, -0.15) is 0 Å². The fourth-order valence-electron chi connectivity index (χ4n) is 2.07. The molecule has 0 saturated heterocycles. The average Bonchev–Trinajstić information content (AvgIpc) is 2.49. The van der Waals surface area contributed by atoms with Crippen LogP contribution in [-0.4, -0.2) is 11.7 Å². The summed E-state index contributed by atoms with van der Waals surface area (Å²) in [5.41, 5.74) is 2.16. The highest BCUT2D eigenvalue weighted by molar-refractivity contribution is 7.99. The van der Waals surface area contributed by atoms with Gasteiger partial charge in [-0.05, 0) is 47.4 Å². The molecule has 2 rings (SSSR count). The highest BCUT2D eigenvalue weighted by Gasteiger charge is 2.13. The van der Waals surface area contributed by atoms with Crippen LogP contribution in [-0.2, 0) is 10.2 Å². The lowest BCUT2D eigenvalue weighted by Gasteiger charge is -2.19. The van der Waals surface area contributed by atoms with Crippen LogP contribution >= 0.6 is 11.8 Å². The molecule has 0 aliphatic heterocycles. The Balaban J connectivity index is 1.79. The Labute approximate surface area is 141 Å². The zero-order chi connectivity index (χ0) is 16.9. The Morgan fingerprint density at radius 2 is 1.65 bits per heavy atom. The second-order valence-electron chi connectivity index (χ2n) is 6.43. The number of hydrogen-bond acceptors (Lipinski definition) is 2. The van der Waals surface area contributed by atoms with E-state index < -0.39 is 0 Å². The van der Waals surface area contributed by atoms with Gasteiger partial charge in [-0.15, -0.1) is 11.8 Å². The number of halogens is 1. The summed E-state index contributed by atoms with van der Waals surface area (Å²) < 4.78 is 12.8. The molecule has 0 fully saturated rings. The van der Waals surface area contributed by atoms with Crippen LogP contribution in [0.5, 0.6) is 0 Å². The molecule has 0 saturated carbocycles. The topological polar surface area (TPSA) is 29.1 Å². The first-order valence-corrected chi connectivity index (χ1v) is 8.62. The molecule has 1 N–H and O–H groups in total. The molecular formula is C19H22FNOS. The van der Waals surface area contributed by atoms with Crippen LogP contribution in [0, 0.1) is 5.82 Å². The SMILES string of the molecule is CC(C)(C)c1ccc(NC(=O)CCSc2ccc(F)cc2)cc1. The minimum absolute atomic E-state index is 0.0110. The second-order valence-corrected chi connectivity index (χ2v) is 7.60. The predicted molar refractivity (Wildman–Crippen MR) is 95.5 cm³/mol. The average molecular weight is 331 g/mol. The van der Waals surface area contributed by atoms with Gasteiger partial charge in [-0.1, -0.05) is 32.9 Å². The molecule has 1 amide bonds. The molecule has 0 radical (unpaired) electrons. The number of carbonyl (C=O) groups excluding carboxylic acids is 1. The first-order chi connectivity index (χ1) is 10.8. The zero-order valence-electron chi connectivity index (χ0n) is 13.7. The van der Waals surface area contributed by atoms with Gasteiger partial charge in [-0.3, -0.25) is 4.79 Å². The van der Waals surface area contributed by atoms with Crippen LogP contribution in [0.1, 0.15) is 32.8 Å². The molecular weight excluding hydrogens is 309 g/mol. The van der Waals surface area contributed by atoms with E-state index >= 15 is 0 Å². The molecule has 122 valence electrons. The van der Waals surface area contributed by atoms with Crippen molar-refractivity contribution in [2.75, 3.05) is 11.1 Å². The molecule has 0 spiro atoms. The summed E-state index contributed by atoms with van der Waals surface area (Å²) in [4.78, 5) is 12.9. The van der Waals surface area contributed by atoms with Crippen molar-refractivity contribution in [3.05, 3.63) is 59.9 Å². The quantitative estimate of drug-likeness (QED) is 0.759. The van der Waals surface area contributed by atoms with E-state index in [1.165, 1.54) is 17.7 Å². The maximum Gasteiger partial charge on any atom is 0.225 e. The third kappa shape index (κ3) is 5.71. The lowest BCUT2D eigenvalue weighted by molar-refractivity contribution is -0.115. The largest absolute Gasteiger partial charge is 0.326 e. The number of nitrogens with one attached hydrogen (secondary N) is 1. The van der Waals surface area contributed by atoms with E-state index in [2.05, 4.69) is 26.1 Å². The van der Waals surface area contributed by atoms with E-state index in [0.29, 0.717) is 12.2 Å². The molecule has 0 aliphatic carbocycles. The molecule has 0 bridgehead atoms. The van der Waals surface area contributed by atoms with Gasteiger partial charge in [0.1, 0.15) is 5.82 Å². The van der Waals surface area contributed by atoms with Gasteiger partial charge in [0.15, 0.2) is 0 Å². The van der Waals surface area contributed by atoms with Crippen LogP contribution in [0.2, 0.25) is 0 Å². The smallest absolute Gasteiger partial charge is 0.225 e. The third-order valence-corrected chi connectivity index (χ3v) is 4.46. The van der Waals surface area contributed by atoms with Crippen molar-refractivity contribution in [2.24, 2.45) is 0 Å². The van der Waals surface area contributed by atoms with Crippen molar-refractivity contribution in [3.63, 3.8) is 0 Å². The van der Waals surface area contributed by atoms with Crippen molar-refractivity contribution >= 4 is 23.4 Å². The van der Waals surface area contributed by atoms with Crippen molar-refractivity contribution in [1.29, 1.82) is 0 Å². The van der Waals surface area contributed by atoms with Crippen LogP contribution in [0.3, 0.4) is 0 Å². The van der Waals surface area contributed by atoms with Gasteiger partial charge in [-0.25, -0.2) is 4.39 Å². The Morgan fingerprint density at radius 3 is 2.22 bits per heavy atom. The fraction of sp³-hybridized carbons (Fsp3) is 0.316. The summed E-state index contributed by atoms with van der Waals surface area (Å²) in [5, 5.41) is 2.90. The van der Waals surface area contributed by atoms with Gasteiger partial charge < -0.3 is 5.32 Å². The van der Waals surface area contributed by atoms with Gasteiger partial charge in [0.05, 0.1) is 0 Å². The van der Waals surface area contributed by atoms with E-state index in [-0.39, 0.29) is 17.1 Å². The van der Waals surface area contributed by atoms with Crippen LogP contribution < -0.4 is 5.32 Å². The van der Waals surface area contributed by atoms with Crippen LogP contribution in [0.15, 0.2) is 53.4 Å². The van der Waals surface area contributed by atoms with Crippen molar-refractivity contribution < 1.29 is 9.18 Å². The molecule has 2 nitrogen and oxygen atoms in total. The minimum atomic E-state index is -0.245. The number of hydrogen-bond donors (Lipinski definition) is 1. The molecule has 0 heterocycles. The van der Waals surface area contributed by atoms with E-state index in [1.54, 1.807) is 23.9 Å². The number of amides is 1. The molecule has 0 atom stereocenters. The molecule has 0 aliphatic rings. The molecule has 4 heteroatoms. The molecule has 2 aromatic rings. The van der Waals surface area contributed by atoms with Gasteiger partial charge >= 0.3 is 0 Å². The van der Waals surface area contributed by atoms with Crippen molar-refractivity contribution in [3.8, 4) is 0 Å². The zero-order valence-corrected chi connectivity index (χ0v) is 14.5. The first kappa shape index (κ1) is 17.5. The highest BCUT2D eigenvalue weighted by Crippen LogP contribution is 2.24. The highest BCUT2D eigenvalue weighted by atomic mass is 32.2. The Bertz CT molecular complexity index is 645. The standard InChI is InChI=1S/C19H22FNOS/c1-19(2,3)14-4-8-16(9-5-14)21-18(22)12-13-23-17-10-6-15(20)7-11-17/h4-11H,12-13H2,1-3H3,(H,21,22). The van der Waals surface area contributed by atoms with Crippen molar-refractivity contribution in [1.82, 2.24) is 0 Å². The van der Waals surface area contributed by atoms with Gasteiger partial charge in [0.2, 0.25) is 5.91 Å². The summed E-state index contributed by atoms with van der Waals surface area (Å²) in [5.74, 6) is 0.409. The summed E-state index contributed by atoms with van der Waals surface area (Å²) in [7, 11) is 0. The summed E-state index contributed by atoms with van der Waals surface area (Å²) in [6.45, 7) is 6.48. The van der Waals surface area contributed by atoms with E-state index in [0.717, 1.165) is 10.6 Å². The normalized spacial score (nSPS) is 11.3. The number of carbonyl (C=O) groups is 1. The third-order valence-electron chi connectivity index (χ3n) is 3.45. The number of rotatable bonds is 5. The second kappa shape index (κ2) is 7.64. The summed E-state index contributed by atoms with van der Waals surface area (Å²) in [6.07, 6.45) is 0.420. The Morgan fingerprint density at radius 1 is 1.04 bits per heavy atom. The fourth-order valence-corrected chi connectivity index (χ4v) is 2.92. The molecule has 23 heavy (non-hydrogen) atoms. The lowest BCUT2D eigenvalue weighted by atomic mass is 9.87. The monoisotopic (exact) mass is 331 g/mol. The minimum Gasteiger partial charge on any atom is -0.326 e. The van der Waals surface area contributed by atoms with Gasteiger partial charge in [0, 0.05) is 22.8 Å². The van der Waals surface area contributed by atoms with Gasteiger partial charge in [0.25, 0.3) is 0 Å². The molecule has 0 aromatic heterocycles. The molecule has 2 aromatic carbocycles. The number of thioether (sulfide) groups is 1. The number of anilines is 1. The lowest BCUT2D eigenvalue weighted by Crippen LogP contribution is -2.13. The predicted octanol–water partition coefficient (Wildman–Crippen LogP) is 5.24. The first-order valence-electron chi connectivity index (χ1n) is 7.63.